The Labute approximate surface area is 106 Å². The molecule has 1 aliphatic carbocycles. The van der Waals surface area contributed by atoms with Gasteiger partial charge in [-0.15, -0.1) is 0 Å². The van der Waals surface area contributed by atoms with Gasteiger partial charge < -0.3 is 16.2 Å². The number of anilines is 2. The molecule has 1 fully saturated rings. The zero-order valence-corrected chi connectivity index (χ0v) is 10.5. The molecule has 1 saturated carbocycles. The van der Waals surface area contributed by atoms with Crippen molar-refractivity contribution in [2.75, 3.05) is 11.1 Å². The Morgan fingerprint density at radius 3 is 3.00 bits per heavy atom. The second kappa shape index (κ2) is 5.25. The minimum Gasteiger partial charge on any atom is -0.478 e. The summed E-state index contributed by atoms with van der Waals surface area (Å²) in [4.78, 5) is 15.1. The SMILES string of the molecule is CC1CCCC(Nc2cc(C(=O)O)c(N)cn2)C1. The lowest BCUT2D eigenvalue weighted by molar-refractivity contribution is 0.0698. The number of nitrogens with one attached hydrogen (secondary N) is 1. The van der Waals surface area contributed by atoms with E-state index in [-0.39, 0.29) is 11.3 Å². The molecule has 5 nitrogen and oxygen atoms in total. The minimum atomic E-state index is -1.02. The number of aromatic nitrogens is 1. The molecule has 0 bridgehead atoms. The summed E-state index contributed by atoms with van der Waals surface area (Å²) >= 11 is 0. The molecule has 0 radical (unpaired) electrons. The van der Waals surface area contributed by atoms with Gasteiger partial charge in [0.1, 0.15) is 5.82 Å². The molecule has 5 heteroatoms. The van der Waals surface area contributed by atoms with Crippen LogP contribution in [0.1, 0.15) is 43.0 Å². The maximum Gasteiger partial charge on any atom is 0.337 e. The number of hydrogen-bond acceptors (Lipinski definition) is 4. The first-order valence-corrected chi connectivity index (χ1v) is 6.31. The smallest absolute Gasteiger partial charge is 0.337 e. The van der Waals surface area contributed by atoms with E-state index in [0.29, 0.717) is 17.8 Å². The van der Waals surface area contributed by atoms with Crippen LogP contribution in [0.3, 0.4) is 0 Å². The van der Waals surface area contributed by atoms with Crippen LogP contribution in [-0.4, -0.2) is 22.1 Å². The predicted octanol–water partition coefficient (Wildman–Crippen LogP) is 2.35. The molecule has 0 amide bonds. The molecule has 1 aliphatic rings. The molecule has 0 aliphatic heterocycles. The number of hydrogen-bond donors (Lipinski definition) is 3. The first-order valence-electron chi connectivity index (χ1n) is 6.31. The van der Waals surface area contributed by atoms with Gasteiger partial charge in [0.15, 0.2) is 0 Å². The van der Waals surface area contributed by atoms with Gasteiger partial charge in [0, 0.05) is 6.04 Å². The third-order valence-electron chi connectivity index (χ3n) is 3.45. The van der Waals surface area contributed by atoms with Crippen molar-refractivity contribution >= 4 is 17.5 Å². The number of aromatic carboxylic acids is 1. The monoisotopic (exact) mass is 249 g/mol. The fourth-order valence-corrected chi connectivity index (χ4v) is 2.50. The van der Waals surface area contributed by atoms with Crippen LogP contribution in [0, 0.1) is 5.92 Å². The molecule has 2 rings (SSSR count). The van der Waals surface area contributed by atoms with Gasteiger partial charge in [-0.3, -0.25) is 0 Å². The van der Waals surface area contributed by atoms with Gasteiger partial charge in [-0.2, -0.15) is 0 Å². The molecule has 1 aromatic heterocycles. The first kappa shape index (κ1) is 12.7. The van der Waals surface area contributed by atoms with Crippen molar-refractivity contribution in [1.82, 2.24) is 4.98 Å². The summed E-state index contributed by atoms with van der Waals surface area (Å²) in [7, 11) is 0. The minimum absolute atomic E-state index is 0.108. The molecule has 0 aromatic carbocycles. The zero-order valence-electron chi connectivity index (χ0n) is 10.5. The van der Waals surface area contributed by atoms with Crippen molar-refractivity contribution < 1.29 is 9.90 Å². The van der Waals surface area contributed by atoms with Crippen LogP contribution in [0.25, 0.3) is 0 Å². The maximum atomic E-state index is 11.0. The van der Waals surface area contributed by atoms with Crippen LogP contribution in [-0.2, 0) is 0 Å². The number of carbonyl (C=O) groups is 1. The van der Waals surface area contributed by atoms with E-state index in [1.54, 1.807) is 0 Å². The average molecular weight is 249 g/mol. The topological polar surface area (TPSA) is 88.2 Å². The van der Waals surface area contributed by atoms with Crippen molar-refractivity contribution in [2.45, 2.75) is 38.6 Å². The van der Waals surface area contributed by atoms with Crippen molar-refractivity contribution in [2.24, 2.45) is 5.92 Å². The molecule has 4 N–H and O–H groups in total. The number of carboxylic acid groups (broad SMARTS) is 1. The van der Waals surface area contributed by atoms with Crippen LogP contribution < -0.4 is 11.1 Å². The number of pyridine rings is 1. The number of nitrogens with two attached hydrogens (primary N) is 1. The number of rotatable bonds is 3. The molecule has 18 heavy (non-hydrogen) atoms. The summed E-state index contributed by atoms with van der Waals surface area (Å²) in [5, 5.41) is 12.3. The second-order valence-electron chi connectivity index (χ2n) is 5.07. The fraction of sp³-hybridized carbons (Fsp3) is 0.538. The largest absolute Gasteiger partial charge is 0.478 e. The van der Waals surface area contributed by atoms with Crippen LogP contribution in [0.15, 0.2) is 12.3 Å². The molecule has 1 heterocycles. The average Bonchev–Trinajstić information content (AvgIpc) is 2.31. The lowest BCUT2D eigenvalue weighted by Crippen LogP contribution is -2.26. The van der Waals surface area contributed by atoms with E-state index in [4.69, 9.17) is 10.8 Å². The quantitative estimate of drug-likeness (QED) is 0.765. The highest BCUT2D eigenvalue weighted by Gasteiger charge is 2.19. The molecule has 0 saturated heterocycles. The van der Waals surface area contributed by atoms with E-state index < -0.39 is 5.97 Å². The molecule has 2 atom stereocenters. The van der Waals surface area contributed by atoms with E-state index in [9.17, 15) is 4.79 Å². The van der Waals surface area contributed by atoms with Gasteiger partial charge >= 0.3 is 5.97 Å². The number of nitrogen functional groups attached to an aromatic ring is 1. The van der Waals surface area contributed by atoms with Crippen molar-refractivity contribution in [3.63, 3.8) is 0 Å². The Morgan fingerprint density at radius 1 is 1.56 bits per heavy atom. The summed E-state index contributed by atoms with van der Waals surface area (Å²) in [6, 6.07) is 1.89. The molecular formula is C13H19N3O2. The summed E-state index contributed by atoms with van der Waals surface area (Å²) in [5.74, 6) is 0.291. The van der Waals surface area contributed by atoms with E-state index in [0.717, 1.165) is 12.8 Å². The molecular weight excluding hydrogens is 230 g/mol. The van der Waals surface area contributed by atoms with Crippen molar-refractivity contribution in [3.8, 4) is 0 Å². The standard InChI is InChI=1S/C13H19N3O2/c1-8-3-2-4-9(5-8)16-12-6-10(13(17)18)11(14)7-15-12/h6-9H,2-5,14H2,1H3,(H,15,16)(H,17,18). The normalized spacial score (nSPS) is 23.6. The van der Waals surface area contributed by atoms with Crippen LogP contribution in [0.2, 0.25) is 0 Å². The highest BCUT2D eigenvalue weighted by Crippen LogP contribution is 2.26. The van der Waals surface area contributed by atoms with E-state index in [1.165, 1.54) is 25.1 Å². The van der Waals surface area contributed by atoms with Gasteiger partial charge in [-0.1, -0.05) is 19.8 Å². The molecule has 98 valence electrons. The Balaban J connectivity index is 2.09. The first-order chi connectivity index (χ1) is 8.56. The van der Waals surface area contributed by atoms with E-state index in [1.807, 2.05) is 0 Å². The third kappa shape index (κ3) is 2.91. The molecule has 2 unspecified atom stereocenters. The van der Waals surface area contributed by atoms with Crippen molar-refractivity contribution in [1.29, 1.82) is 0 Å². The highest BCUT2D eigenvalue weighted by molar-refractivity contribution is 5.94. The summed E-state index contributed by atoms with van der Waals surface area (Å²) in [6.45, 7) is 2.24. The summed E-state index contributed by atoms with van der Waals surface area (Å²) < 4.78 is 0. The van der Waals surface area contributed by atoms with Gasteiger partial charge in [-0.25, -0.2) is 9.78 Å². The zero-order chi connectivity index (χ0) is 13.1. The Bertz CT molecular complexity index is 448. The molecule has 0 spiro atoms. The number of nitrogens with zero attached hydrogens (tertiary/aromatic N) is 1. The second-order valence-corrected chi connectivity index (χ2v) is 5.07. The predicted molar refractivity (Wildman–Crippen MR) is 70.7 cm³/mol. The lowest BCUT2D eigenvalue weighted by atomic mass is 9.87. The molecule has 1 aromatic rings. The lowest BCUT2D eigenvalue weighted by Gasteiger charge is -2.27. The van der Waals surface area contributed by atoms with Gasteiger partial charge in [-0.05, 0) is 24.8 Å². The van der Waals surface area contributed by atoms with Crippen LogP contribution in [0.5, 0.6) is 0 Å². The summed E-state index contributed by atoms with van der Waals surface area (Å²) in [6.07, 6.45) is 6.10. The third-order valence-corrected chi connectivity index (χ3v) is 3.45. The van der Waals surface area contributed by atoms with E-state index in [2.05, 4.69) is 17.2 Å². The van der Waals surface area contributed by atoms with Crippen LogP contribution >= 0.6 is 0 Å². The van der Waals surface area contributed by atoms with Gasteiger partial charge in [0.05, 0.1) is 17.4 Å². The fourth-order valence-electron chi connectivity index (χ4n) is 2.50. The maximum absolute atomic E-state index is 11.0. The number of carboxylic acids is 1. The Hall–Kier alpha value is -1.78. The van der Waals surface area contributed by atoms with Gasteiger partial charge in [0.25, 0.3) is 0 Å². The summed E-state index contributed by atoms with van der Waals surface area (Å²) in [5.41, 5.74) is 5.88. The highest BCUT2D eigenvalue weighted by atomic mass is 16.4. The van der Waals surface area contributed by atoms with Crippen LogP contribution in [0.4, 0.5) is 11.5 Å². The Kier molecular flexibility index (Phi) is 3.69. The van der Waals surface area contributed by atoms with E-state index >= 15 is 0 Å². The van der Waals surface area contributed by atoms with Crippen molar-refractivity contribution in [3.05, 3.63) is 17.8 Å². The Morgan fingerprint density at radius 2 is 2.33 bits per heavy atom. The van der Waals surface area contributed by atoms with Gasteiger partial charge in [0.2, 0.25) is 0 Å².